The van der Waals surface area contributed by atoms with Crippen LogP contribution in [0.15, 0.2) is 24.3 Å². The highest BCUT2D eigenvalue weighted by molar-refractivity contribution is 5.29. The molecule has 0 spiro atoms. The van der Waals surface area contributed by atoms with Crippen LogP contribution in [0.4, 0.5) is 0 Å². The second kappa shape index (κ2) is 6.95. The molecule has 1 N–H and O–H groups in total. The first-order chi connectivity index (χ1) is 10.1. The van der Waals surface area contributed by atoms with E-state index in [4.69, 9.17) is 4.74 Å². The number of nitrogens with zero attached hydrogens (tertiary/aromatic N) is 1. The molecule has 2 rings (SSSR count). The lowest BCUT2D eigenvalue weighted by atomic mass is 9.99. The molecule has 0 radical (unpaired) electrons. The summed E-state index contributed by atoms with van der Waals surface area (Å²) in [5.41, 5.74) is 0.875. The van der Waals surface area contributed by atoms with Crippen molar-refractivity contribution in [1.29, 1.82) is 5.26 Å². The Hall–Kier alpha value is -1.53. The number of nitriles is 1. The minimum Gasteiger partial charge on any atom is -0.493 e. The van der Waals surface area contributed by atoms with Crippen molar-refractivity contribution in [2.45, 2.75) is 64.0 Å². The highest BCUT2D eigenvalue weighted by Gasteiger charge is 2.32. The van der Waals surface area contributed by atoms with Gasteiger partial charge < -0.3 is 4.74 Å². The minimum atomic E-state index is -0.474. The summed E-state index contributed by atoms with van der Waals surface area (Å²) in [4.78, 5) is 0. The van der Waals surface area contributed by atoms with Gasteiger partial charge in [0.1, 0.15) is 11.3 Å². The standard InChI is InChI=1S/C18H26N2O/c1-4-14(2)15-5-9-17(10-6-15)21-12-11-18(3,13-19)20-16-7-8-16/h5-6,9-10,14,16,20H,4,7-8,11-12H2,1-3H3. The molecule has 2 atom stereocenters. The molecule has 2 unspecified atom stereocenters. The zero-order valence-electron chi connectivity index (χ0n) is 13.4. The van der Waals surface area contributed by atoms with E-state index in [0.29, 0.717) is 25.0 Å². The molecule has 21 heavy (non-hydrogen) atoms. The maximum absolute atomic E-state index is 9.32. The Labute approximate surface area is 128 Å². The molecule has 1 aromatic rings. The van der Waals surface area contributed by atoms with Crippen LogP contribution in [0.3, 0.4) is 0 Å². The van der Waals surface area contributed by atoms with Gasteiger partial charge in [0.15, 0.2) is 0 Å². The van der Waals surface area contributed by atoms with Gasteiger partial charge in [0, 0.05) is 12.5 Å². The number of rotatable bonds is 8. The predicted molar refractivity (Wildman–Crippen MR) is 85.4 cm³/mol. The maximum atomic E-state index is 9.32. The third-order valence-electron chi connectivity index (χ3n) is 4.28. The van der Waals surface area contributed by atoms with E-state index in [2.05, 4.69) is 37.4 Å². The molecule has 0 aromatic heterocycles. The van der Waals surface area contributed by atoms with Crippen LogP contribution in [0.25, 0.3) is 0 Å². The monoisotopic (exact) mass is 286 g/mol. The first-order valence-electron chi connectivity index (χ1n) is 7.98. The first-order valence-corrected chi connectivity index (χ1v) is 7.98. The SMILES string of the molecule is CCC(C)c1ccc(OCCC(C)(C#N)NC2CC2)cc1. The van der Waals surface area contributed by atoms with E-state index in [0.717, 1.165) is 12.2 Å². The van der Waals surface area contributed by atoms with Crippen LogP contribution in [0.2, 0.25) is 0 Å². The van der Waals surface area contributed by atoms with Crippen LogP contribution in [0.5, 0.6) is 5.75 Å². The molecule has 0 bridgehead atoms. The molecule has 0 amide bonds. The molecule has 1 aromatic carbocycles. The number of hydrogen-bond acceptors (Lipinski definition) is 3. The summed E-state index contributed by atoms with van der Waals surface area (Å²) in [5.74, 6) is 1.47. The zero-order valence-corrected chi connectivity index (χ0v) is 13.4. The van der Waals surface area contributed by atoms with Gasteiger partial charge in [-0.2, -0.15) is 5.26 Å². The Kier molecular flexibility index (Phi) is 5.25. The fraction of sp³-hybridized carbons (Fsp3) is 0.611. The molecular weight excluding hydrogens is 260 g/mol. The van der Waals surface area contributed by atoms with Crippen LogP contribution in [0, 0.1) is 11.3 Å². The molecule has 0 saturated heterocycles. The third-order valence-corrected chi connectivity index (χ3v) is 4.28. The van der Waals surface area contributed by atoms with Gasteiger partial charge >= 0.3 is 0 Å². The van der Waals surface area contributed by atoms with Gasteiger partial charge in [-0.05, 0) is 49.8 Å². The lowest BCUT2D eigenvalue weighted by Crippen LogP contribution is -2.43. The van der Waals surface area contributed by atoms with Crippen molar-refractivity contribution >= 4 is 0 Å². The van der Waals surface area contributed by atoms with Crippen LogP contribution in [-0.4, -0.2) is 18.2 Å². The molecule has 1 aliphatic carbocycles. The van der Waals surface area contributed by atoms with E-state index in [-0.39, 0.29) is 0 Å². The van der Waals surface area contributed by atoms with Gasteiger partial charge in [-0.15, -0.1) is 0 Å². The summed E-state index contributed by atoms with van der Waals surface area (Å²) in [6.07, 6.45) is 4.23. The molecule has 0 aliphatic heterocycles. The smallest absolute Gasteiger partial charge is 0.119 e. The van der Waals surface area contributed by atoms with E-state index in [1.165, 1.54) is 18.4 Å². The Morgan fingerprint density at radius 1 is 1.38 bits per heavy atom. The summed E-state index contributed by atoms with van der Waals surface area (Å²) in [6, 6.07) is 11.2. The highest BCUT2D eigenvalue weighted by Crippen LogP contribution is 2.24. The Bertz CT molecular complexity index is 487. The predicted octanol–water partition coefficient (Wildman–Crippen LogP) is 4.00. The van der Waals surface area contributed by atoms with E-state index in [1.807, 2.05) is 19.1 Å². The minimum absolute atomic E-state index is 0.474. The summed E-state index contributed by atoms with van der Waals surface area (Å²) in [7, 11) is 0. The summed E-state index contributed by atoms with van der Waals surface area (Å²) < 4.78 is 5.78. The van der Waals surface area contributed by atoms with Crippen LogP contribution < -0.4 is 10.1 Å². The highest BCUT2D eigenvalue weighted by atomic mass is 16.5. The number of nitrogens with one attached hydrogen (secondary N) is 1. The van der Waals surface area contributed by atoms with Crippen molar-refractivity contribution in [2.75, 3.05) is 6.61 Å². The van der Waals surface area contributed by atoms with Crippen LogP contribution in [0.1, 0.15) is 57.9 Å². The van der Waals surface area contributed by atoms with E-state index < -0.39 is 5.54 Å². The average molecular weight is 286 g/mol. The van der Waals surface area contributed by atoms with Crippen molar-refractivity contribution in [1.82, 2.24) is 5.32 Å². The molecule has 114 valence electrons. The topological polar surface area (TPSA) is 45.0 Å². The van der Waals surface area contributed by atoms with Gasteiger partial charge in [-0.3, -0.25) is 5.32 Å². The van der Waals surface area contributed by atoms with E-state index in [9.17, 15) is 5.26 Å². The molecule has 3 heteroatoms. The second-order valence-electron chi connectivity index (χ2n) is 6.34. The van der Waals surface area contributed by atoms with E-state index >= 15 is 0 Å². The second-order valence-corrected chi connectivity index (χ2v) is 6.34. The van der Waals surface area contributed by atoms with Gasteiger partial charge in [0.25, 0.3) is 0 Å². The van der Waals surface area contributed by atoms with Crippen molar-refractivity contribution in [3.8, 4) is 11.8 Å². The van der Waals surface area contributed by atoms with Gasteiger partial charge in [-0.25, -0.2) is 0 Å². The molecule has 3 nitrogen and oxygen atoms in total. The molecule has 1 saturated carbocycles. The Morgan fingerprint density at radius 2 is 2.05 bits per heavy atom. The summed E-state index contributed by atoms with van der Waals surface area (Å²) in [5, 5.41) is 12.7. The molecular formula is C18H26N2O. The van der Waals surface area contributed by atoms with Crippen molar-refractivity contribution in [3.05, 3.63) is 29.8 Å². The van der Waals surface area contributed by atoms with Crippen molar-refractivity contribution in [2.24, 2.45) is 0 Å². The Balaban J connectivity index is 1.81. The zero-order chi connectivity index (χ0) is 15.3. The number of benzene rings is 1. The number of hydrogen-bond donors (Lipinski definition) is 1. The van der Waals surface area contributed by atoms with Gasteiger partial charge in [0.2, 0.25) is 0 Å². The lowest BCUT2D eigenvalue weighted by Gasteiger charge is -2.23. The van der Waals surface area contributed by atoms with Gasteiger partial charge in [-0.1, -0.05) is 26.0 Å². The van der Waals surface area contributed by atoms with Crippen LogP contribution in [-0.2, 0) is 0 Å². The maximum Gasteiger partial charge on any atom is 0.119 e. The largest absolute Gasteiger partial charge is 0.493 e. The average Bonchev–Trinajstić information content (AvgIpc) is 3.31. The quantitative estimate of drug-likeness (QED) is 0.785. The summed E-state index contributed by atoms with van der Waals surface area (Å²) in [6.45, 7) is 6.95. The fourth-order valence-electron chi connectivity index (χ4n) is 2.34. The van der Waals surface area contributed by atoms with Crippen LogP contribution >= 0.6 is 0 Å². The first kappa shape index (κ1) is 15.9. The van der Waals surface area contributed by atoms with E-state index in [1.54, 1.807) is 0 Å². The Morgan fingerprint density at radius 3 is 2.57 bits per heavy atom. The molecule has 0 heterocycles. The molecule has 1 aliphatic rings. The molecule has 1 fully saturated rings. The third kappa shape index (κ3) is 4.75. The van der Waals surface area contributed by atoms with Crippen molar-refractivity contribution < 1.29 is 4.74 Å². The normalized spacial score (nSPS) is 18.6. The fourth-order valence-corrected chi connectivity index (χ4v) is 2.34. The van der Waals surface area contributed by atoms with Gasteiger partial charge in [0.05, 0.1) is 12.7 Å². The van der Waals surface area contributed by atoms with Crippen molar-refractivity contribution in [3.63, 3.8) is 0 Å². The summed E-state index contributed by atoms with van der Waals surface area (Å²) >= 11 is 0. The number of ether oxygens (including phenoxy) is 1. The lowest BCUT2D eigenvalue weighted by molar-refractivity contribution is 0.266.